The largest absolute Gasteiger partial charge is 0.504 e. The molecule has 25 heavy (non-hydrogen) atoms. The number of halogens is 4. The van der Waals surface area contributed by atoms with Crippen molar-refractivity contribution in [3.05, 3.63) is 43.3 Å². The first kappa shape index (κ1) is 22.2. The third-order valence-corrected chi connectivity index (χ3v) is 5.15. The summed E-state index contributed by atoms with van der Waals surface area (Å²) in [6, 6.07) is 6.44. The summed E-state index contributed by atoms with van der Waals surface area (Å²) in [6.07, 6.45) is 0. The number of hydrogen-bond donors (Lipinski definition) is 1. The van der Waals surface area contributed by atoms with Gasteiger partial charge in [-0.05, 0) is 44.0 Å². The number of methoxy groups -OCH3 is 3. The number of aromatic hydroxyl groups is 1. The molecule has 9 heteroatoms. The number of rotatable bonds is 5. The fourth-order valence-corrected chi connectivity index (χ4v) is 2.55. The minimum Gasteiger partial charge on any atom is -0.504 e. The van der Waals surface area contributed by atoms with Crippen LogP contribution in [0.15, 0.2) is 33.2 Å². The molecule has 0 spiro atoms. The van der Waals surface area contributed by atoms with Crippen LogP contribution in [0.1, 0.15) is 0 Å². The van der Waals surface area contributed by atoms with Crippen LogP contribution < -0.4 is 14.2 Å². The third-order valence-electron chi connectivity index (χ3n) is 2.76. The maximum Gasteiger partial charge on any atom is 0.188 e. The van der Waals surface area contributed by atoms with Crippen molar-refractivity contribution >= 4 is 55.1 Å². The van der Waals surface area contributed by atoms with Crippen LogP contribution in [0.3, 0.4) is 0 Å². The molecule has 0 bridgehead atoms. The number of phenolic OH excluding ortho intramolecular Hbond substituents is 1. The van der Waals surface area contributed by atoms with Gasteiger partial charge in [-0.3, -0.25) is 0 Å². The van der Waals surface area contributed by atoms with E-state index < -0.39 is 0 Å². The molecule has 0 fully saturated rings. The van der Waals surface area contributed by atoms with E-state index in [-0.39, 0.29) is 12.5 Å². The Labute approximate surface area is 173 Å². The van der Waals surface area contributed by atoms with E-state index in [1.807, 2.05) is 0 Å². The smallest absolute Gasteiger partial charge is 0.188 e. The molecule has 1 N–H and O–H groups in total. The monoisotopic (exact) mass is 516 g/mol. The molecule has 5 nitrogen and oxygen atoms in total. The van der Waals surface area contributed by atoms with Crippen LogP contribution in [0, 0.1) is 0 Å². The Kier molecular flexibility index (Phi) is 9.74. The van der Waals surface area contributed by atoms with Crippen molar-refractivity contribution in [1.29, 1.82) is 0 Å². The predicted octanol–water partition coefficient (Wildman–Crippen LogP) is 5.91. The Morgan fingerprint density at radius 2 is 1.36 bits per heavy atom. The van der Waals surface area contributed by atoms with Gasteiger partial charge in [0, 0.05) is 28.2 Å². The van der Waals surface area contributed by atoms with Crippen LogP contribution in [0.25, 0.3) is 0 Å². The predicted molar refractivity (Wildman–Crippen MR) is 106 cm³/mol. The molecule has 0 heterocycles. The fraction of sp³-hybridized carbons (Fsp3) is 0.250. The Balaban J connectivity index is 0.000000257. The molecule has 0 radical (unpaired) electrons. The molecule has 0 saturated carbocycles. The second-order valence-corrected chi connectivity index (χ2v) is 6.93. The van der Waals surface area contributed by atoms with Crippen LogP contribution >= 0.6 is 55.1 Å². The molecule has 138 valence electrons. The van der Waals surface area contributed by atoms with Gasteiger partial charge in [0.1, 0.15) is 0 Å². The average molecular weight is 519 g/mol. The zero-order valence-electron chi connectivity index (χ0n) is 13.6. The lowest BCUT2D eigenvalue weighted by Crippen LogP contribution is -2.00. The standard InChI is InChI=1S/C9H10BrClO3.C7H6BrClO2/c1-12-5-14-9-3-6(10)7(11)4-8(9)13-2;1-11-7-3-5(9)4(8)2-6(7)10/h3-4H,5H2,1-2H3;2-3,10H,1H3. The van der Waals surface area contributed by atoms with Gasteiger partial charge in [0.15, 0.2) is 29.8 Å². The molecule has 0 atom stereocenters. The van der Waals surface area contributed by atoms with Gasteiger partial charge >= 0.3 is 0 Å². The van der Waals surface area contributed by atoms with E-state index in [2.05, 4.69) is 31.9 Å². The van der Waals surface area contributed by atoms with Crippen LogP contribution in [-0.4, -0.2) is 33.2 Å². The summed E-state index contributed by atoms with van der Waals surface area (Å²) in [7, 11) is 4.58. The molecule has 0 aliphatic rings. The molecule has 2 rings (SSSR count). The van der Waals surface area contributed by atoms with E-state index in [1.54, 1.807) is 32.4 Å². The molecule has 0 saturated heterocycles. The van der Waals surface area contributed by atoms with Crippen LogP contribution in [0.4, 0.5) is 0 Å². The zero-order valence-corrected chi connectivity index (χ0v) is 18.3. The van der Waals surface area contributed by atoms with Gasteiger partial charge in [-0.15, -0.1) is 0 Å². The summed E-state index contributed by atoms with van der Waals surface area (Å²) in [5.41, 5.74) is 0. The summed E-state index contributed by atoms with van der Waals surface area (Å²) in [5.74, 6) is 1.61. The van der Waals surface area contributed by atoms with Gasteiger partial charge in [0.05, 0.1) is 24.3 Å². The van der Waals surface area contributed by atoms with Crippen molar-refractivity contribution in [3.63, 3.8) is 0 Å². The van der Waals surface area contributed by atoms with Crippen LogP contribution in [0.5, 0.6) is 23.0 Å². The van der Waals surface area contributed by atoms with E-state index in [1.165, 1.54) is 13.2 Å². The van der Waals surface area contributed by atoms with Crippen molar-refractivity contribution in [2.45, 2.75) is 0 Å². The summed E-state index contributed by atoms with van der Waals surface area (Å²) in [5, 5.41) is 10.3. The van der Waals surface area contributed by atoms with Crippen molar-refractivity contribution in [1.82, 2.24) is 0 Å². The third kappa shape index (κ3) is 6.75. The van der Waals surface area contributed by atoms with E-state index in [9.17, 15) is 5.11 Å². The number of phenols is 1. The minimum absolute atomic E-state index is 0.0729. The average Bonchev–Trinajstić information content (AvgIpc) is 2.59. The molecule has 0 unspecified atom stereocenters. The van der Waals surface area contributed by atoms with Crippen LogP contribution in [0.2, 0.25) is 10.0 Å². The SMILES string of the molecule is COCOc1cc(Br)c(Cl)cc1OC.COc1cc(Cl)c(Br)cc1O. The lowest BCUT2D eigenvalue weighted by molar-refractivity contribution is 0.0491. The summed E-state index contributed by atoms with van der Waals surface area (Å²) < 4.78 is 21.4. The van der Waals surface area contributed by atoms with E-state index in [4.69, 9.17) is 42.1 Å². The maximum absolute atomic E-state index is 9.20. The normalized spacial score (nSPS) is 9.88. The minimum atomic E-state index is 0.0729. The Morgan fingerprint density at radius 3 is 1.88 bits per heavy atom. The van der Waals surface area contributed by atoms with E-state index in [0.29, 0.717) is 31.8 Å². The van der Waals surface area contributed by atoms with Crippen molar-refractivity contribution in [2.75, 3.05) is 28.1 Å². The number of benzene rings is 2. The van der Waals surface area contributed by atoms with Gasteiger partial charge in [-0.2, -0.15) is 0 Å². The van der Waals surface area contributed by atoms with Crippen molar-refractivity contribution in [3.8, 4) is 23.0 Å². The van der Waals surface area contributed by atoms with Gasteiger partial charge < -0.3 is 24.1 Å². The molecule has 0 aromatic heterocycles. The highest BCUT2D eigenvalue weighted by Crippen LogP contribution is 2.36. The lowest BCUT2D eigenvalue weighted by atomic mass is 10.3. The molecule has 0 amide bonds. The summed E-state index contributed by atoms with van der Waals surface area (Å²) in [6.45, 7) is 0.171. The molecule has 2 aromatic carbocycles. The topological polar surface area (TPSA) is 57.2 Å². The van der Waals surface area contributed by atoms with E-state index >= 15 is 0 Å². The zero-order chi connectivity index (χ0) is 19.0. The Hall–Kier alpha value is -0.860. The first-order chi connectivity index (χ1) is 11.8. The maximum atomic E-state index is 9.20. The first-order valence-corrected chi connectivity index (χ1v) is 9.05. The Bertz CT molecular complexity index is 713. The van der Waals surface area contributed by atoms with Gasteiger partial charge in [0.25, 0.3) is 0 Å². The highest BCUT2D eigenvalue weighted by Gasteiger charge is 2.08. The molecule has 0 aliphatic heterocycles. The second-order valence-electron chi connectivity index (χ2n) is 4.41. The number of ether oxygens (including phenoxy) is 4. The Morgan fingerprint density at radius 1 is 0.840 bits per heavy atom. The summed E-state index contributed by atoms with van der Waals surface area (Å²) >= 11 is 18.1. The van der Waals surface area contributed by atoms with Crippen LogP contribution in [-0.2, 0) is 4.74 Å². The quantitative estimate of drug-likeness (QED) is 0.499. The lowest BCUT2D eigenvalue weighted by Gasteiger charge is -2.10. The molecule has 2 aromatic rings. The molecular weight excluding hydrogens is 503 g/mol. The molecule has 0 aliphatic carbocycles. The molecular formula is C16H16Br2Cl2O5. The van der Waals surface area contributed by atoms with E-state index in [0.717, 1.165) is 4.47 Å². The first-order valence-electron chi connectivity index (χ1n) is 6.70. The van der Waals surface area contributed by atoms with Crippen molar-refractivity contribution in [2.24, 2.45) is 0 Å². The van der Waals surface area contributed by atoms with Crippen molar-refractivity contribution < 1.29 is 24.1 Å². The van der Waals surface area contributed by atoms with Gasteiger partial charge in [-0.1, -0.05) is 23.2 Å². The fourth-order valence-electron chi connectivity index (χ4n) is 1.59. The number of hydrogen-bond acceptors (Lipinski definition) is 5. The second kappa shape index (κ2) is 11.0. The van der Waals surface area contributed by atoms with Gasteiger partial charge in [-0.25, -0.2) is 0 Å². The van der Waals surface area contributed by atoms with Gasteiger partial charge in [0.2, 0.25) is 0 Å². The summed E-state index contributed by atoms with van der Waals surface area (Å²) in [4.78, 5) is 0. The highest BCUT2D eigenvalue weighted by atomic mass is 79.9. The highest BCUT2D eigenvalue weighted by molar-refractivity contribution is 9.10.